The number of hydrogen-bond acceptors (Lipinski definition) is 4. The Labute approximate surface area is 196 Å². The minimum absolute atomic E-state index is 0.0373. The highest BCUT2D eigenvalue weighted by Gasteiger charge is 2.32. The first-order valence-electron chi connectivity index (χ1n) is 11.1. The summed E-state index contributed by atoms with van der Waals surface area (Å²) in [5.74, 6) is 1.01. The topological polar surface area (TPSA) is 54.5 Å². The summed E-state index contributed by atoms with van der Waals surface area (Å²) in [6, 6.07) is 19.5. The number of nitrogens with zero attached hydrogens (tertiary/aromatic N) is 2. The van der Waals surface area contributed by atoms with E-state index in [1.165, 1.54) is 6.07 Å². The number of aromatic nitrogens is 1. The summed E-state index contributed by atoms with van der Waals surface area (Å²) >= 11 is 0. The Balaban J connectivity index is 1.42. The number of anilines is 1. The summed E-state index contributed by atoms with van der Waals surface area (Å²) in [6.45, 7) is 1.10. The highest BCUT2D eigenvalue weighted by atomic mass is 19.4. The third kappa shape index (κ3) is 5.50. The third-order valence-electron chi connectivity index (χ3n) is 6.13. The van der Waals surface area contributed by atoms with Gasteiger partial charge in [-0.25, -0.2) is 4.98 Å². The number of alkyl halides is 3. The van der Waals surface area contributed by atoms with E-state index >= 15 is 0 Å². The van der Waals surface area contributed by atoms with Crippen LogP contribution in [0.15, 0.2) is 72.9 Å². The van der Waals surface area contributed by atoms with E-state index in [4.69, 9.17) is 4.74 Å². The van der Waals surface area contributed by atoms with Crippen LogP contribution in [0.3, 0.4) is 0 Å². The molecule has 1 fully saturated rings. The molecule has 0 aliphatic carbocycles. The second kappa shape index (κ2) is 10.2. The van der Waals surface area contributed by atoms with Gasteiger partial charge in [0, 0.05) is 25.2 Å². The van der Waals surface area contributed by atoms with E-state index in [9.17, 15) is 18.0 Å². The van der Waals surface area contributed by atoms with Gasteiger partial charge < -0.3 is 15.0 Å². The molecule has 4 rings (SSSR count). The van der Waals surface area contributed by atoms with Gasteiger partial charge in [0.1, 0.15) is 11.6 Å². The van der Waals surface area contributed by atoms with Crippen LogP contribution in [0.5, 0.6) is 5.75 Å². The fourth-order valence-electron chi connectivity index (χ4n) is 4.17. The summed E-state index contributed by atoms with van der Waals surface area (Å²) < 4.78 is 43.6. The predicted molar refractivity (Wildman–Crippen MR) is 124 cm³/mol. The van der Waals surface area contributed by atoms with Crippen molar-refractivity contribution >= 4 is 11.7 Å². The number of ether oxygens (including phenoxy) is 1. The van der Waals surface area contributed by atoms with Crippen molar-refractivity contribution < 1.29 is 22.7 Å². The average Bonchev–Trinajstić information content (AvgIpc) is 2.87. The van der Waals surface area contributed by atoms with Crippen LogP contribution in [0.4, 0.5) is 19.0 Å². The zero-order chi connectivity index (χ0) is 24.1. The number of methoxy groups -OCH3 is 1. The zero-order valence-corrected chi connectivity index (χ0v) is 18.8. The van der Waals surface area contributed by atoms with Gasteiger partial charge in [0.15, 0.2) is 0 Å². The van der Waals surface area contributed by atoms with Gasteiger partial charge in [-0.2, -0.15) is 13.2 Å². The fraction of sp³-hybridized carbons (Fsp3) is 0.308. The monoisotopic (exact) mass is 469 g/mol. The smallest absolute Gasteiger partial charge is 0.417 e. The lowest BCUT2D eigenvalue weighted by molar-refractivity contribution is -0.137. The molecule has 0 bridgehead atoms. The Morgan fingerprint density at radius 3 is 2.21 bits per heavy atom. The Morgan fingerprint density at radius 2 is 1.65 bits per heavy atom. The van der Waals surface area contributed by atoms with E-state index in [0.29, 0.717) is 31.7 Å². The van der Waals surface area contributed by atoms with Crippen molar-refractivity contribution in [3.63, 3.8) is 0 Å². The van der Waals surface area contributed by atoms with E-state index in [2.05, 4.69) is 10.3 Å². The Hall–Kier alpha value is -3.55. The van der Waals surface area contributed by atoms with Crippen LogP contribution in [0.1, 0.15) is 35.6 Å². The first-order chi connectivity index (χ1) is 16.3. The molecule has 2 aromatic carbocycles. The quantitative estimate of drug-likeness (QED) is 0.537. The number of pyridine rings is 1. The molecule has 5 nitrogen and oxygen atoms in total. The molecule has 1 atom stereocenters. The largest absolute Gasteiger partial charge is 0.497 e. The zero-order valence-electron chi connectivity index (χ0n) is 18.8. The van der Waals surface area contributed by atoms with Gasteiger partial charge in [-0.15, -0.1) is 0 Å². The summed E-state index contributed by atoms with van der Waals surface area (Å²) in [4.78, 5) is 19.1. The Bertz CT molecular complexity index is 1080. The van der Waals surface area contributed by atoms with E-state index in [1.807, 2.05) is 59.5 Å². The molecule has 1 saturated heterocycles. The number of carbonyl (C=O) groups excluding carboxylic acids is 1. The van der Waals surface area contributed by atoms with E-state index < -0.39 is 11.7 Å². The molecule has 0 saturated carbocycles. The minimum Gasteiger partial charge on any atom is -0.497 e. The average molecular weight is 470 g/mol. The van der Waals surface area contributed by atoms with Crippen molar-refractivity contribution in [2.75, 3.05) is 25.1 Å². The SMILES string of the molecule is COc1ccc(C(NC(=O)C2CCN(c3ccc(C(F)(F)F)cn3)CC2)c2ccccc2)cc1. The second-order valence-electron chi connectivity index (χ2n) is 8.29. The molecule has 1 amide bonds. The normalized spacial score (nSPS) is 15.6. The molecule has 1 aliphatic rings. The molecule has 1 aromatic heterocycles. The lowest BCUT2D eigenvalue weighted by Crippen LogP contribution is -2.42. The number of halogens is 3. The molecule has 178 valence electrons. The summed E-state index contributed by atoms with van der Waals surface area (Å²) in [6.07, 6.45) is -2.36. The van der Waals surface area contributed by atoms with Gasteiger partial charge in [-0.1, -0.05) is 42.5 Å². The third-order valence-corrected chi connectivity index (χ3v) is 6.13. The maximum atomic E-state index is 13.2. The summed E-state index contributed by atoms with van der Waals surface area (Å²) in [7, 11) is 1.61. The first-order valence-corrected chi connectivity index (χ1v) is 11.1. The highest BCUT2D eigenvalue weighted by molar-refractivity contribution is 5.80. The summed E-state index contributed by atoms with van der Waals surface area (Å²) in [5.41, 5.74) is 1.16. The predicted octanol–water partition coefficient (Wildman–Crippen LogP) is 5.23. The molecular formula is C26H26F3N3O2. The van der Waals surface area contributed by atoms with E-state index in [-0.39, 0.29) is 17.9 Å². The minimum atomic E-state index is -4.41. The maximum absolute atomic E-state index is 13.2. The van der Waals surface area contributed by atoms with Crippen LogP contribution >= 0.6 is 0 Å². The molecule has 1 unspecified atom stereocenters. The molecule has 2 heterocycles. The van der Waals surface area contributed by atoms with Gasteiger partial charge in [0.25, 0.3) is 0 Å². The molecule has 1 aliphatic heterocycles. The fourth-order valence-corrected chi connectivity index (χ4v) is 4.17. The molecule has 0 radical (unpaired) electrons. The number of benzene rings is 2. The van der Waals surface area contributed by atoms with Crippen LogP contribution in [-0.4, -0.2) is 31.1 Å². The lowest BCUT2D eigenvalue weighted by Gasteiger charge is -2.33. The Morgan fingerprint density at radius 1 is 1.00 bits per heavy atom. The van der Waals surface area contributed by atoms with Gasteiger partial charge in [0.2, 0.25) is 5.91 Å². The van der Waals surface area contributed by atoms with Crippen molar-refractivity contribution in [2.45, 2.75) is 25.1 Å². The van der Waals surface area contributed by atoms with E-state index in [0.717, 1.165) is 29.1 Å². The van der Waals surface area contributed by atoms with Gasteiger partial charge in [-0.05, 0) is 48.2 Å². The van der Waals surface area contributed by atoms with Crippen LogP contribution in [-0.2, 0) is 11.0 Å². The van der Waals surface area contributed by atoms with Crippen LogP contribution in [0.2, 0.25) is 0 Å². The van der Waals surface area contributed by atoms with Crippen molar-refractivity contribution in [1.29, 1.82) is 0 Å². The molecule has 34 heavy (non-hydrogen) atoms. The van der Waals surface area contributed by atoms with Gasteiger partial charge in [0.05, 0.1) is 18.7 Å². The molecular weight excluding hydrogens is 443 g/mol. The van der Waals surface area contributed by atoms with Crippen molar-refractivity contribution in [3.8, 4) is 5.75 Å². The molecule has 1 N–H and O–H groups in total. The van der Waals surface area contributed by atoms with Gasteiger partial charge >= 0.3 is 6.18 Å². The van der Waals surface area contributed by atoms with Crippen LogP contribution < -0.4 is 15.0 Å². The van der Waals surface area contributed by atoms with Crippen LogP contribution in [0, 0.1) is 5.92 Å². The number of amides is 1. The van der Waals surface area contributed by atoms with E-state index in [1.54, 1.807) is 7.11 Å². The number of rotatable bonds is 6. The Kier molecular flexibility index (Phi) is 7.05. The van der Waals surface area contributed by atoms with Crippen molar-refractivity contribution in [2.24, 2.45) is 5.92 Å². The lowest BCUT2D eigenvalue weighted by atomic mass is 9.93. The van der Waals surface area contributed by atoms with Gasteiger partial charge in [-0.3, -0.25) is 4.79 Å². The number of piperidine rings is 1. The number of nitrogens with one attached hydrogen (secondary N) is 1. The molecule has 0 spiro atoms. The van der Waals surface area contributed by atoms with Crippen molar-refractivity contribution in [1.82, 2.24) is 10.3 Å². The van der Waals surface area contributed by atoms with Crippen LogP contribution in [0.25, 0.3) is 0 Å². The second-order valence-corrected chi connectivity index (χ2v) is 8.29. The standard InChI is InChI=1S/C26H26F3N3O2/c1-34-22-10-7-19(8-11-22)24(18-5-3-2-4-6-18)31-25(33)20-13-15-32(16-14-20)23-12-9-21(17-30-23)26(27,28)29/h2-12,17,20,24H,13-16H2,1H3,(H,31,33). The number of hydrogen-bond donors (Lipinski definition) is 1. The maximum Gasteiger partial charge on any atom is 0.417 e. The summed E-state index contributed by atoms with van der Waals surface area (Å²) in [5, 5.41) is 3.20. The molecule has 3 aromatic rings. The first kappa shape index (κ1) is 23.6. The number of carbonyl (C=O) groups is 1. The molecule has 8 heteroatoms. The van der Waals surface area contributed by atoms with Crippen molar-refractivity contribution in [3.05, 3.63) is 89.6 Å². The highest BCUT2D eigenvalue weighted by Crippen LogP contribution is 2.31.